The molecular weight excluding hydrogens is 727 g/mol. The van der Waals surface area contributed by atoms with Gasteiger partial charge in [-0.05, 0) is 116 Å². The summed E-state index contributed by atoms with van der Waals surface area (Å²) in [6.07, 6.45) is 2.03. The monoisotopic (exact) mass is 773 g/mol. The number of fused-ring (bicyclic) bond motifs is 8. The molecule has 1 heterocycles. The zero-order chi connectivity index (χ0) is 40.6. The summed E-state index contributed by atoms with van der Waals surface area (Å²) in [6.45, 7) is 9.39. The molecule has 0 saturated carbocycles. The Morgan fingerprint density at radius 1 is 0.467 bits per heavy atom. The van der Waals surface area contributed by atoms with E-state index >= 15 is 0 Å². The van der Waals surface area contributed by atoms with Gasteiger partial charge in [-0.25, -0.2) is 0 Å². The quantitative estimate of drug-likeness (QED) is 0.153. The molecule has 60 heavy (non-hydrogen) atoms. The molecule has 1 aliphatic carbocycles. The molecule has 1 aliphatic rings. The summed E-state index contributed by atoms with van der Waals surface area (Å²) in [5, 5.41) is 7.17. The van der Waals surface area contributed by atoms with Crippen molar-refractivity contribution in [3.63, 3.8) is 0 Å². The number of anilines is 3. The van der Waals surface area contributed by atoms with E-state index in [1.807, 2.05) is 0 Å². The van der Waals surface area contributed by atoms with Crippen LogP contribution in [0.3, 0.4) is 0 Å². The smallest absolute Gasteiger partial charge is 0.143 e. The molecule has 0 saturated heterocycles. The molecule has 9 aromatic carbocycles. The highest BCUT2D eigenvalue weighted by molar-refractivity contribution is 6.15. The summed E-state index contributed by atoms with van der Waals surface area (Å²) < 4.78 is 6.79. The minimum absolute atomic E-state index is 0.0820. The van der Waals surface area contributed by atoms with Crippen LogP contribution in [0.4, 0.5) is 17.1 Å². The third kappa shape index (κ3) is 5.40. The van der Waals surface area contributed by atoms with Crippen molar-refractivity contribution < 1.29 is 4.42 Å². The Kier molecular flexibility index (Phi) is 8.36. The number of hydrogen-bond acceptors (Lipinski definition) is 2. The first-order valence-corrected chi connectivity index (χ1v) is 21.5. The van der Waals surface area contributed by atoms with Gasteiger partial charge >= 0.3 is 0 Å². The molecule has 0 radical (unpaired) electrons. The maximum absolute atomic E-state index is 6.79. The van der Waals surface area contributed by atoms with E-state index in [0.717, 1.165) is 63.0 Å². The lowest BCUT2D eigenvalue weighted by Gasteiger charge is -2.34. The highest BCUT2D eigenvalue weighted by Gasteiger charge is 2.37. The lowest BCUT2D eigenvalue weighted by molar-refractivity contribution is 0.478. The van der Waals surface area contributed by atoms with E-state index in [1.165, 1.54) is 54.9 Å². The molecule has 0 N–H and O–H groups in total. The highest BCUT2D eigenvalue weighted by atomic mass is 16.3. The fourth-order valence-electron chi connectivity index (χ4n) is 10.6. The fourth-order valence-corrected chi connectivity index (χ4v) is 10.6. The molecular formula is C58H47NO. The molecule has 0 aliphatic heterocycles. The van der Waals surface area contributed by atoms with Gasteiger partial charge in [0.15, 0.2) is 0 Å². The van der Waals surface area contributed by atoms with Gasteiger partial charge in [0.05, 0.1) is 5.69 Å². The SMILES string of the molecule is CCC(CC)(c1ccccc1)c1ccc(N(c2ccc3c(c2)-c2cc4ccccc4cc2C3(C)C)c2ccc3ccccc3c2-c2cccc3c2oc2ccccc23)cc1. The number of furan rings is 1. The van der Waals surface area contributed by atoms with Crippen LogP contribution in [0.2, 0.25) is 0 Å². The first-order chi connectivity index (χ1) is 29.4. The Balaban J connectivity index is 1.18. The van der Waals surface area contributed by atoms with Gasteiger partial charge in [-0.2, -0.15) is 0 Å². The van der Waals surface area contributed by atoms with Gasteiger partial charge in [0.25, 0.3) is 0 Å². The van der Waals surface area contributed by atoms with Crippen LogP contribution < -0.4 is 4.90 Å². The number of para-hydroxylation sites is 2. The largest absolute Gasteiger partial charge is 0.455 e. The number of hydrogen-bond donors (Lipinski definition) is 0. The van der Waals surface area contributed by atoms with Gasteiger partial charge in [0, 0.05) is 44.1 Å². The molecule has 2 nitrogen and oxygen atoms in total. The average molecular weight is 774 g/mol. The molecule has 10 aromatic rings. The Hall–Kier alpha value is -6.90. The summed E-state index contributed by atoms with van der Waals surface area (Å²) in [6, 6.07) is 69.6. The molecule has 11 rings (SSSR count). The summed E-state index contributed by atoms with van der Waals surface area (Å²) >= 11 is 0. The standard InChI is InChI=1S/C58H47NO/c1-5-58(6-2,41-20-8-7-9-21-41)42-28-30-43(31-29-42)59(44-32-33-51-50(37-44)49-35-39-18-10-11-19-40(39)36-52(49)57(51,3)4)53-34-27-38-17-12-13-22-45(38)55(53)48-25-16-24-47-46-23-14-15-26-54(46)60-56(47)48/h7-37H,5-6H2,1-4H3. The molecule has 0 fully saturated rings. The predicted octanol–water partition coefficient (Wildman–Crippen LogP) is 16.4. The Labute approximate surface area is 352 Å². The second-order valence-corrected chi connectivity index (χ2v) is 17.1. The van der Waals surface area contributed by atoms with Crippen molar-refractivity contribution in [3.8, 4) is 22.3 Å². The second kappa shape index (κ2) is 13.9. The van der Waals surface area contributed by atoms with Crippen molar-refractivity contribution in [1.29, 1.82) is 0 Å². The number of rotatable bonds is 8. The molecule has 290 valence electrons. The summed E-state index contributed by atoms with van der Waals surface area (Å²) in [5.41, 5.74) is 15.2. The van der Waals surface area contributed by atoms with E-state index < -0.39 is 0 Å². The predicted molar refractivity (Wildman–Crippen MR) is 254 cm³/mol. The van der Waals surface area contributed by atoms with Gasteiger partial charge in [-0.3, -0.25) is 0 Å². The molecule has 0 amide bonds. The van der Waals surface area contributed by atoms with Gasteiger partial charge in [0.2, 0.25) is 0 Å². The van der Waals surface area contributed by atoms with Crippen LogP contribution in [-0.2, 0) is 10.8 Å². The van der Waals surface area contributed by atoms with Crippen molar-refractivity contribution in [2.75, 3.05) is 4.90 Å². The first kappa shape index (κ1) is 36.2. The van der Waals surface area contributed by atoms with Crippen LogP contribution in [0.15, 0.2) is 192 Å². The summed E-state index contributed by atoms with van der Waals surface area (Å²) in [4.78, 5) is 2.49. The molecule has 0 spiro atoms. The first-order valence-electron chi connectivity index (χ1n) is 21.5. The molecule has 2 heteroatoms. The maximum Gasteiger partial charge on any atom is 0.143 e. The molecule has 0 bridgehead atoms. The van der Waals surface area contributed by atoms with Crippen LogP contribution in [0, 0.1) is 0 Å². The van der Waals surface area contributed by atoms with Crippen LogP contribution in [0.1, 0.15) is 62.8 Å². The van der Waals surface area contributed by atoms with Crippen LogP contribution in [-0.4, -0.2) is 0 Å². The van der Waals surface area contributed by atoms with E-state index in [0.29, 0.717) is 0 Å². The van der Waals surface area contributed by atoms with Crippen LogP contribution in [0.25, 0.3) is 65.7 Å². The number of benzene rings is 9. The van der Waals surface area contributed by atoms with Crippen molar-refractivity contribution in [3.05, 3.63) is 210 Å². The second-order valence-electron chi connectivity index (χ2n) is 17.1. The Morgan fingerprint density at radius 2 is 1.08 bits per heavy atom. The number of nitrogens with zero attached hydrogens (tertiary/aromatic N) is 1. The topological polar surface area (TPSA) is 16.4 Å². The minimum Gasteiger partial charge on any atom is -0.455 e. The molecule has 0 unspecified atom stereocenters. The van der Waals surface area contributed by atoms with E-state index in [4.69, 9.17) is 4.42 Å². The molecule has 0 atom stereocenters. The van der Waals surface area contributed by atoms with E-state index in [9.17, 15) is 0 Å². The minimum atomic E-state index is -0.133. The Morgan fingerprint density at radius 3 is 1.85 bits per heavy atom. The lowest BCUT2D eigenvalue weighted by Crippen LogP contribution is -2.26. The highest BCUT2D eigenvalue weighted by Crippen LogP contribution is 2.53. The van der Waals surface area contributed by atoms with E-state index in [1.54, 1.807) is 0 Å². The van der Waals surface area contributed by atoms with E-state index in [-0.39, 0.29) is 10.8 Å². The Bertz CT molecular complexity index is 3260. The van der Waals surface area contributed by atoms with Crippen molar-refractivity contribution in [1.82, 2.24) is 0 Å². The normalized spacial score (nSPS) is 13.3. The third-order valence-electron chi connectivity index (χ3n) is 13.8. The van der Waals surface area contributed by atoms with Crippen LogP contribution in [0.5, 0.6) is 0 Å². The van der Waals surface area contributed by atoms with Gasteiger partial charge < -0.3 is 9.32 Å². The third-order valence-corrected chi connectivity index (χ3v) is 13.8. The van der Waals surface area contributed by atoms with E-state index in [2.05, 4.69) is 221 Å². The van der Waals surface area contributed by atoms with Gasteiger partial charge in [-0.15, -0.1) is 0 Å². The lowest BCUT2D eigenvalue weighted by atomic mass is 9.70. The zero-order valence-corrected chi connectivity index (χ0v) is 34.7. The van der Waals surface area contributed by atoms with Gasteiger partial charge in [0.1, 0.15) is 11.2 Å². The van der Waals surface area contributed by atoms with Gasteiger partial charge in [-0.1, -0.05) is 167 Å². The van der Waals surface area contributed by atoms with Crippen LogP contribution >= 0.6 is 0 Å². The summed E-state index contributed by atoms with van der Waals surface area (Å²) in [5.74, 6) is 0. The molecule has 1 aromatic heterocycles. The fraction of sp³-hybridized carbons (Fsp3) is 0.138. The summed E-state index contributed by atoms with van der Waals surface area (Å²) in [7, 11) is 0. The zero-order valence-electron chi connectivity index (χ0n) is 34.7. The van der Waals surface area contributed by atoms with Crippen molar-refractivity contribution in [2.45, 2.75) is 51.4 Å². The van der Waals surface area contributed by atoms with Crippen molar-refractivity contribution >= 4 is 60.5 Å². The maximum atomic E-state index is 6.79. The average Bonchev–Trinajstić information content (AvgIpc) is 3.78. The van der Waals surface area contributed by atoms with Crippen molar-refractivity contribution in [2.24, 2.45) is 0 Å².